The van der Waals surface area contributed by atoms with Gasteiger partial charge in [0.1, 0.15) is 10.0 Å². The number of nitrogens with zero attached hydrogens (tertiary/aromatic N) is 2. The van der Waals surface area contributed by atoms with Gasteiger partial charge in [0.05, 0.1) is 16.0 Å². The summed E-state index contributed by atoms with van der Waals surface area (Å²) >= 11 is 13.6. The van der Waals surface area contributed by atoms with Crippen molar-refractivity contribution in [2.75, 3.05) is 5.73 Å². The molecule has 1 aromatic carbocycles. The highest BCUT2D eigenvalue weighted by Crippen LogP contribution is 2.44. The van der Waals surface area contributed by atoms with Crippen molar-refractivity contribution in [1.82, 2.24) is 9.88 Å². The number of fused-ring (bicyclic) bond motifs is 1. The molecule has 1 saturated carbocycles. The molecule has 1 fully saturated rings. The van der Waals surface area contributed by atoms with Crippen molar-refractivity contribution in [3.05, 3.63) is 44.9 Å². The highest BCUT2D eigenvalue weighted by Gasteiger charge is 2.55. The molecule has 1 aliphatic carbocycles. The summed E-state index contributed by atoms with van der Waals surface area (Å²) in [4.78, 5) is 41.6. The minimum absolute atomic E-state index is 0.0422. The van der Waals surface area contributed by atoms with Crippen LogP contribution in [0, 0.1) is 0 Å². The Bertz CT molecular complexity index is 1090. The normalized spacial score (nSPS) is 23.5. The molecule has 1 aromatic heterocycles. The fraction of sp³-hybridized carbons (Fsp3) is 0.400. The molecule has 4 rings (SSSR count). The van der Waals surface area contributed by atoms with Gasteiger partial charge in [-0.15, -0.1) is 22.9 Å². The molecule has 158 valence electrons. The standard InChI is InChI=1S/C20H19Cl2N3O4S/c1-19(2,13-14(21)24-18(23)30-13)6-9-3-4-11-12(5-9)16(27)25(15(11)26)10-7-20(22,8-10)17(28)29/h3-5,10H,6-8H2,1-2H3,(H2,23,24)(H,28,29). The van der Waals surface area contributed by atoms with Gasteiger partial charge < -0.3 is 10.8 Å². The summed E-state index contributed by atoms with van der Waals surface area (Å²) < 4.78 is 0. The molecule has 30 heavy (non-hydrogen) atoms. The number of amides is 2. The van der Waals surface area contributed by atoms with E-state index in [4.69, 9.17) is 28.9 Å². The van der Waals surface area contributed by atoms with E-state index >= 15 is 0 Å². The lowest BCUT2D eigenvalue weighted by Crippen LogP contribution is -2.57. The van der Waals surface area contributed by atoms with Crippen molar-refractivity contribution in [3.63, 3.8) is 0 Å². The van der Waals surface area contributed by atoms with Crippen LogP contribution in [0.3, 0.4) is 0 Å². The lowest BCUT2D eigenvalue weighted by molar-refractivity contribution is -0.144. The van der Waals surface area contributed by atoms with E-state index in [-0.39, 0.29) is 18.3 Å². The SMILES string of the molecule is CC(C)(Cc1ccc2c(c1)C(=O)N(C1CC(Cl)(C(=O)O)C1)C2=O)c1sc(N)nc1Cl. The maximum Gasteiger partial charge on any atom is 0.324 e. The van der Waals surface area contributed by atoms with E-state index in [1.54, 1.807) is 12.1 Å². The number of aromatic nitrogens is 1. The number of carboxylic acid groups (broad SMARTS) is 1. The predicted molar refractivity (Wildman–Crippen MR) is 114 cm³/mol. The van der Waals surface area contributed by atoms with E-state index in [9.17, 15) is 19.5 Å². The summed E-state index contributed by atoms with van der Waals surface area (Å²) in [5.41, 5.74) is 6.91. The van der Waals surface area contributed by atoms with Crippen LogP contribution in [0.2, 0.25) is 5.15 Å². The van der Waals surface area contributed by atoms with Gasteiger partial charge in [0.15, 0.2) is 5.13 Å². The molecule has 0 unspecified atom stereocenters. The number of aliphatic carboxylic acids is 1. The quantitative estimate of drug-likeness (QED) is 0.511. The molecule has 3 N–H and O–H groups in total. The molecule has 2 aliphatic rings. The van der Waals surface area contributed by atoms with Crippen LogP contribution in [0.5, 0.6) is 0 Å². The van der Waals surface area contributed by atoms with Crippen LogP contribution < -0.4 is 5.73 Å². The van der Waals surface area contributed by atoms with Gasteiger partial charge in [0.2, 0.25) is 0 Å². The fourth-order valence-electron chi connectivity index (χ4n) is 4.12. The first-order chi connectivity index (χ1) is 13.9. The van der Waals surface area contributed by atoms with Crippen LogP contribution in [-0.4, -0.2) is 43.7 Å². The summed E-state index contributed by atoms with van der Waals surface area (Å²) in [5, 5.41) is 9.94. The number of imide groups is 1. The number of hydrogen-bond donors (Lipinski definition) is 2. The van der Waals surface area contributed by atoms with Gasteiger partial charge in [-0.25, -0.2) is 4.98 Å². The molecule has 0 saturated heterocycles. The zero-order valence-electron chi connectivity index (χ0n) is 16.2. The minimum Gasteiger partial charge on any atom is -0.480 e. The first kappa shape index (κ1) is 21.1. The number of anilines is 1. The zero-order chi connectivity index (χ0) is 22.0. The van der Waals surface area contributed by atoms with Crippen LogP contribution >= 0.6 is 34.5 Å². The van der Waals surface area contributed by atoms with Gasteiger partial charge in [0, 0.05) is 11.5 Å². The number of carbonyl (C=O) groups is 3. The van der Waals surface area contributed by atoms with E-state index in [0.29, 0.717) is 27.8 Å². The Morgan fingerprint density at radius 3 is 2.53 bits per heavy atom. The molecule has 2 aromatic rings. The number of nitrogen functional groups attached to an aromatic ring is 1. The topological polar surface area (TPSA) is 114 Å². The Balaban J connectivity index is 1.57. The summed E-state index contributed by atoms with van der Waals surface area (Å²) in [6.07, 6.45) is 0.650. The first-order valence-corrected chi connectivity index (χ1v) is 10.9. The number of carboxylic acids is 1. The zero-order valence-corrected chi connectivity index (χ0v) is 18.6. The average Bonchev–Trinajstić information content (AvgIpc) is 3.09. The van der Waals surface area contributed by atoms with Crippen molar-refractivity contribution in [3.8, 4) is 0 Å². The molecular formula is C20H19Cl2N3O4S. The molecule has 0 radical (unpaired) electrons. The monoisotopic (exact) mass is 467 g/mol. The highest BCUT2D eigenvalue weighted by molar-refractivity contribution is 7.16. The number of thiazole rings is 1. The lowest BCUT2D eigenvalue weighted by Gasteiger charge is -2.43. The lowest BCUT2D eigenvalue weighted by atomic mass is 9.78. The Labute approximate surface area is 186 Å². The Hall–Kier alpha value is -2.16. The second kappa shape index (κ2) is 6.93. The van der Waals surface area contributed by atoms with Gasteiger partial charge in [-0.3, -0.25) is 19.3 Å². The molecule has 2 amide bonds. The predicted octanol–water partition coefficient (Wildman–Crippen LogP) is 3.72. The summed E-state index contributed by atoms with van der Waals surface area (Å²) in [6.45, 7) is 4.03. The first-order valence-electron chi connectivity index (χ1n) is 9.28. The third-order valence-corrected chi connectivity index (χ3v) is 7.82. The van der Waals surface area contributed by atoms with Gasteiger partial charge in [0.25, 0.3) is 11.8 Å². The van der Waals surface area contributed by atoms with E-state index in [0.717, 1.165) is 15.3 Å². The number of rotatable bonds is 5. The molecular weight excluding hydrogens is 449 g/mol. The van der Waals surface area contributed by atoms with E-state index < -0.39 is 28.7 Å². The summed E-state index contributed by atoms with van der Waals surface area (Å²) in [7, 11) is 0. The van der Waals surface area contributed by atoms with Crippen molar-refractivity contribution in [2.45, 2.75) is 49.4 Å². The average molecular weight is 468 g/mol. The van der Waals surface area contributed by atoms with E-state index in [1.165, 1.54) is 11.3 Å². The van der Waals surface area contributed by atoms with Crippen molar-refractivity contribution < 1.29 is 19.5 Å². The largest absolute Gasteiger partial charge is 0.480 e. The molecule has 2 heterocycles. The third kappa shape index (κ3) is 3.27. The molecule has 7 nitrogen and oxygen atoms in total. The molecule has 0 bridgehead atoms. The van der Waals surface area contributed by atoms with E-state index in [2.05, 4.69) is 4.98 Å². The van der Waals surface area contributed by atoms with Crippen molar-refractivity contribution >= 4 is 57.5 Å². The number of carbonyl (C=O) groups excluding carboxylic acids is 2. The Morgan fingerprint density at radius 2 is 1.97 bits per heavy atom. The van der Waals surface area contributed by atoms with Gasteiger partial charge >= 0.3 is 5.97 Å². The second-order valence-corrected chi connectivity index (χ2v) is 10.5. The maximum absolute atomic E-state index is 12.9. The summed E-state index contributed by atoms with van der Waals surface area (Å²) in [6, 6.07) is 4.68. The molecule has 0 atom stereocenters. The van der Waals surface area contributed by atoms with Crippen LogP contribution in [0.4, 0.5) is 5.13 Å². The number of benzene rings is 1. The smallest absolute Gasteiger partial charge is 0.324 e. The molecule has 0 spiro atoms. The van der Waals surface area contributed by atoms with E-state index in [1.807, 2.05) is 19.9 Å². The van der Waals surface area contributed by atoms with Crippen molar-refractivity contribution in [1.29, 1.82) is 0 Å². The third-order valence-electron chi connectivity index (χ3n) is 5.71. The molecule has 10 heteroatoms. The highest BCUT2D eigenvalue weighted by atomic mass is 35.5. The van der Waals surface area contributed by atoms with Gasteiger partial charge in [-0.1, -0.05) is 31.5 Å². The fourth-order valence-corrected chi connectivity index (χ4v) is 5.81. The van der Waals surface area contributed by atoms with Crippen molar-refractivity contribution in [2.24, 2.45) is 0 Å². The Morgan fingerprint density at radius 1 is 1.33 bits per heavy atom. The number of halogens is 2. The summed E-state index contributed by atoms with van der Waals surface area (Å²) in [5.74, 6) is -1.96. The van der Waals surface area contributed by atoms with Crippen LogP contribution in [0.25, 0.3) is 0 Å². The number of alkyl halides is 1. The minimum atomic E-state index is -1.41. The van der Waals surface area contributed by atoms with Crippen LogP contribution in [0.15, 0.2) is 18.2 Å². The Kier molecular flexibility index (Phi) is 4.87. The van der Waals surface area contributed by atoms with Crippen LogP contribution in [0.1, 0.15) is 57.8 Å². The van der Waals surface area contributed by atoms with Gasteiger partial charge in [-0.2, -0.15) is 0 Å². The number of nitrogens with two attached hydrogens (primary N) is 1. The van der Waals surface area contributed by atoms with Crippen LogP contribution in [-0.2, 0) is 16.6 Å². The maximum atomic E-state index is 12.9. The number of hydrogen-bond acceptors (Lipinski definition) is 6. The second-order valence-electron chi connectivity index (χ2n) is 8.43. The van der Waals surface area contributed by atoms with Gasteiger partial charge in [-0.05, 0) is 37.0 Å². The molecule has 1 aliphatic heterocycles.